The van der Waals surface area contributed by atoms with E-state index in [9.17, 15) is 13.2 Å². The van der Waals surface area contributed by atoms with E-state index in [-0.39, 0.29) is 30.9 Å². The van der Waals surface area contributed by atoms with Crippen LogP contribution in [0.3, 0.4) is 0 Å². The topological polar surface area (TPSA) is 98.5 Å². The van der Waals surface area contributed by atoms with E-state index in [4.69, 9.17) is 5.14 Å². The molecule has 1 aromatic carbocycles. The molecule has 1 amide bonds. The molecule has 0 bridgehead atoms. The third-order valence-corrected chi connectivity index (χ3v) is 3.05. The molecule has 0 saturated heterocycles. The average molecular weight is 300 g/mol. The van der Waals surface area contributed by atoms with Crippen LogP contribution >= 0.6 is 0 Å². The molecule has 0 aliphatic heterocycles. The van der Waals surface area contributed by atoms with Gasteiger partial charge in [-0.15, -0.1) is 0 Å². The fourth-order valence-corrected chi connectivity index (χ4v) is 2.13. The Kier molecular flexibility index (Phi) is 6.12. The predicted molar refractivity (Wildman–Crippen MR) is 76.1 cm³/mol. The van der Waals surface area contributed by atoms with E-state index < -0.39 is 10.3 Å². The first-order chi connectivity index (χ1) is 9.28. The first-order valence-electron chi connectivity index (χ1n) is 6.29. The van der Waals surface area contributed by atoms with Gasteiger partial charge in [-0.3, -0.25) is 8.98 Å². The lowest BCUT2D eigenvalue weighted by atomic mass is 9.96. The molecule has 0 heterocycles. The molecular weight excluding hydrogens is 280 g/mol. The van der Waals surface area contributed by atoms with Gasteiger partial charge in [0.1, 0.15) is 0 Å². The van der Waals surface area contributed by atoms with Gasteiger partial charge in [0, 0.05) is 18.4 Å². The number of amides is 1. The highest BCUT2D eigenvalue weighted by atomic mass is 32.2. The second-order valence-corrected chi connectivity index (χ2v) is 6.03. The van der Waals surface area contributed by atoms with Crippen molar-refractivity contribution in [1.29, 1.82) is 0 Å². The van der Waals surface area contributed by atoms with Crippen LogP contribution in [0.4, 0.5) is 0 Å². The van der Waals surface area contributed by atoms with Crippen LogP contribution in [-0.2, 0) is 19.3 Å². The molecule has 1 atom stereocenters. The summed E-state index contributed by atoms with van der Waals surface area (Å²) in [4.78, 5) is 11.8. The summed E-state index contributed by atoms with van der Waals surface area (Å²) in [6.45, 7) is 3.56. The number of nitrogens with one attached hydrogen (secondary N) is 1. The minimum Gasteiger partial charge on any atom is -0.354 e. The number of nitrogens with two attached hydrogens (primary N) is 1. The van der Waals surface area contributed by atoms with E-state index >= 15 is 0 Å². The molecule has 0 radical (unpaired) electrons. The van der Waals surface area contributed by atoms with E-state index in [1.54, 1.807) is 0 Å². The zero-order chi connectivity index (χ0) is 15.2. The van der Waals surface area contributed by atoms with E-state index in [0.717, 1.165) is 5.56 Å². The molecule has 0 aliphatic carbocycles. The van der Waals surface area contributed by atoms with Gasteiger partial charge in [-0.05, 0) is 19.4 Å². The number of carbonyl (C=O) groups excluding carboxylic acids is 1. The third-order valence-electron chi connectivity index (χ3n) is 2.59. The predicted octanol–water partition coefficient (Wildman–Crippen LogP) is 0.905. The molecule has 0 spiro atoms. The SMILES string of the molecule is CC(C)NC(=O)C[C@@H](COS(N)(=O)=O)c1ccccc1. The molecule has 0 fully saturated rings. The molecule has 6 nitrogen and oxygen atoms in total. The summed E-state index contributed by atoms with van der Waals surface area (Å²) in [6, 6.07) is 9.15. The maximum absolute atomic E-state index is 11.8. The smallest absolute Gasteiger partial charge is 0.333 e. The molecule has 7 heteroatoms. The number of rotatable bonds is 7. The lowest BCUT2D eigenvalue weighted by Gasteiger charge is -2.17. The van der Waals surface area contributed by atoms with Crippen molar-refractivity contribution in [3.63, 3.8) is 0 Å². The summed E-state index contributed by atoms with van der Waals surface area (Å²) in [5, 5.41) is 7.59. The average Bonchev–Trinajstić information content (AvgIpc) is 2.33. The van der Waals surface area contributed by atoms with Crippen molar-refractivity contribution in [2.45, 2.75) is 32.2 Å². The standard InChI is InChI=1S/C13H20N2O4S/c1-10(2)15-13(16)8-12(9-19-20(14,17)18)11-6-4-3-5-7-11/h3-7,10,12H,8-9H2,1-2H3,(H,15,16)(H2,14,17,18)/t12-/m0/s1. The molecule has 112 valence electrons. The summed E-state index contributed by atoms with van der Waals surface area (Å²) < 4.78 is 26.4. The minimum atomic E-state index is -4.02. The Labute approximate surface area is 119 Å². The second kappa shape index (κ2) is 7.37. The van der Waals surface area contributed by atoms with Gasteiger partial charge in [-0.25, -0.2) is 5.14 Å². The molecule has 20 heavy (non-hydrogen) atoms. The highest BCUT2D eigenvalue weighted by Crippen LogP contribution is 2.20. The van der Waals surface area contributed by atoms with Crippen LogP contribution in [0.2, 0.25) is 0 Å². The van der Waals surface area contributed by atoms with Crippen LogP contribution in [0.5, 0.6) is 0 Å². The Bertz CT molecular complexity index is 529. The third kappa shape index (κ3) is 6.65. The zero-order valence-corrected chi connectivity index (χ0v) is 12.4. The first kappa shape index (κ1) is 16.6. The fourth-order valence-electron chi connectivity index (χ4n) is 1.78. The monoisotopic (exact) mass is 300 g/mol. The Balaban J connectivity index is 2.77. The van der Waals surface area contributed by atoms with Gasteiger partial charge in [0.25, 0.3) is 0 Å². The van der Waals surface area contributed by atoms with Crippen LogP contribution in [-0.4, -0.2) is 27.0 Å². The van der Waals surface area contributed by atoms with Crippen molar-refractivity contribution >= 4 is 16.2 Å². The maximum atomic E-state index is 11.8. The van der Waals surface area contributed by atoms with Crippen molar-refractivity contribution in [3.05, 3.63) is 35.9 Å². The quantitative estimate of drug-likeness (QED) is 0.781. The summed E-state index contributed by atoms with van der Waals surface area (Å²) in [5.74, 6) is -0.528. The van der Waals surface area contributed by atoms with Crippen molar-refractivity contribution in [1.82, 2.24) is 5.32 Å². The van der Waals surface area contributed by atoms with Crippen molar-refractivity contribution in [2.75, 3.05) is 6.61 Å². The Morgan fingerprint density at radius 2 is 1.90 bits per heavy atom. The van der Waals surface area contributed by atoms with E-state index in [0.29, 0.717) is 0 Å². The molecular formula is C13H20N2O4S. The van der Waals surface area contributed by atoms with E-state index in [1.807, 2.05) is 44.2 Å². The summed E-state index contributed by atoms with van der Waals surface area (Å²) in [6.07, 6.45) is 0.137. The first-order valence-corrected chi connectivity index (χ1v) is 7.76. The fraction of sp³-hybridized carbons (Fsp3) is 0.462. The lowest BCUT2D eigenvalue weighted by Crippen LogP contribution is -2.32. The van der Waals surface area contributed by atoms with Crippen LogP contribution in [0, 0.1) is 0 Å². The van der Waals surface area contributed by atoms with Gasteiger partial charge in [0.2, 0.25) is 5.91 Å². The highest BCUT2D eigenvalue weighted by molar-refractivity contribution is 7.84. The van der Waals surface area contributed by atoms with Crippen LogP contribution in [0.1, 0.15) is 31.7 Å². The maximum Gasteiger partial charge on any atom is 0.333 e. The normalized spacial score (nSPS) is 13.2. The largest absolute Gasteiger partial charge is 0.354 e. The van der Waals surface area contributed by atoms with Crippen molar-refractivity contribution < 1.29 is 17.4 Å². The second-order valence-electron chi connectivity index (χ2n) is 4.81. The number of carbonyl (C=O) groups is 1. The highest BCUT2D eigenvalue weighted by Gasteiger charge is 2.19. The van der Waals surface area contributed by atoms with Gasteiger partial charge in [0.05, 0.1) is 6.61 Å². The van der Waals surface area contributed by atoms with Crippen LogP contribution in [0.25, 0.3) is 0 Å². The molecule has 1 rings (SSSR count). The van der Waals surface area contributed by atoms with Crippen molar-refractivity contribution in [2.24, 2.45) is 5.14 Å². The summed E-state index contributed by atoms with van der Waals surface area (Å²) in [7, 11) is -4.02. The zero-order valence-electron chi connectivity index (χ0n) is 11.6. The van der Waals surface area contributed by atoms with Gasteiger partial charge < -0.3 is 5.32 Å². The minimum absolute atomic E-state index is 0.0260. The molecule has 3 N–H and O–H groups in total. The number of hydrogen-bond donors (Lipinski definition) is 2. The van der Waals surface area contributed by atoms with E-state index in [1.165, 1.54) is 0 Å². The lowest BCUT2D eigenvalue weighted by molar-refractivity contribution is -0.122. The molecule has 1 aromatic rings. The van der Waals surface area contributed by atoms with Gasteiger partial charge in [0.15, 0.2) is 0 Å². The number of benzene rings is 1. The Morgan fingerprint density at radius 1 is 1.30 bits per heavy atom. The van der Waals surface area contributed by atoms with Gasteiger partial charge in [-0.1, -0.05) is 30.3 Å². The Morgan fingerprint density at radius 3 is 2.40 bits per heavy atom. The molecule has 0 aromatic heterocycles. The van der Waals surface area contributed by atoms with Gasteiger partial charge >= 0.3 is 10.3 Å². The van der Waals surface area contributed by atoms with Crippen LogP contribution < -0.4 is 10.5 Å². The Hall–Kier alpha value is -1.44. The van der Waals surface area contributed by atoms with Crippen molar-refractivity contribution in [3.8, 4) is 0 Å². The van der Waals surface area contributed by atoms with Gasteiger partial charge in [-0.2, -0.15) is 8.42 Å². The molecule has 0 aliphatic rings. The van der Waals surface area contributed by atoms with E-state index in [2.05, 4.69) is 9.50 Å². The number of hydrogen-bond acceptors (Lipinski definition) is 4. The summed E-state index contributed by atoms with van der Waals surface area (Å²) in [5.41, 5.74) is 0.829. The molecule has 0 unspecified atom stereocenters. The molecule has 0 saturated carbocycles. The van der Waals surface area contributed by atoms with Crippen LogP contribution in [0.15, 0.2) is 30.3 Å². The summed E-state index contributed by atoms with van der Waals surface area (Å²) >= 11 is 0.